The average molecular weight is 316 g/mol. The summed E-state index contributed by atoms with van der Waals surface area (Å²) in [5, 5.41) is 4.55. The number of amides is 1. The molecule has 0 aliphatic carbocycles. The van der Waals surface area contributed by atoms with Crippen molar-refractivity contribution in [3.63, 3.8) is 0 Å². The van der Waals surface area contributed by atoms with E-state index in [-0.39, 0.29) is 6.54 Å². The van der Waals surface area contributed by atoms with Gasteiger partial charge in [0.1, 0.15) is 12.3 Å². The van der Waals surface area contributed by atoms with E-state index in [4.69, 9.17) is 15.2 Å². The number of anilines is 1. The minimum absolute atomic E-state index is 0.0630. The zero-order valence-electron chi connectivity index (χ0n) is 13.1. The summed E-state index contributed by atoms with van der Waals surface area (Å²) in [6.45, 7) is 2.95. The molecule has 3 rings (SSSR count). The van der Waals surface area contributed by atoms with Crippen LogP contribution in [0.3, 0.4) is 0 Å². The van der Waals surface area contributed by atoms with E-state index < -0.39 is 5.91 Å². The highest BCUT2D eigenvalue weighted by Crippen LogP contribution is 2.31. The van der Waals surface area contributed by atoms with Crippen molar-refractivity contribution in [3.05, 3.63) is 30.5 Å². The first-order chi connectivity index (χ1) is 11.2. The van der Waals surface area contributed by atoms with Crippen LogP contribution < -0.4 is 15.4 Å². The molecule has 0 bridgehead atoms. The van der Waals surface area contributed by atoms with Gasteiger partial charge in [0.15, 0.2) is 5.82 Å². The third kappa shape index (κ3) is 3.45. The number of benzene rings is 1. The van der Waals surface area contributed by atoms with Crippen LogP contribution >= 0.6 is 0 Å². The molecule has 122 valence electrons. The number of carbonyl (C=O) groups is 1. The SMILES string of the molecule is COc1ccc(-c2cn(CC(N)=O)nc2N2CCOCC2)cc1. The molecular formula is C16H20N4O3. The van der Waals surface area contributed by atoms with Gasteiger partial charge in [-0.3, -0.25) is 9.48 Å². The van der Waals surface area contributed by atoms with Gasteiger partial charge in [0.05, 0.1) is 20.3 Å². The van der Waals surface area contributed by atoms with Crippen LogP contribution in [0.4, 0.5) is 5.82 Å². The molecule has 0 saturated carbocycles. The number of primary amides is 1. The standard InChI is InChI=1S/C16H20N4O3/c1-22-13-4-2-12(3-5-13)14-10-20(11-15(17)21)18-16(14)19-6-8-23-9-7-19/h2-5,10H,6-9,11H2,1H3,(H2,17,21). The molecule has 2 N–H and O–H groups in total. The fourth-order valence-electron chi connectivity index (χ4n) is 2.63. The third-order valence-electron chi connectivity index (χ3n) is 3.77. The monoisotopic (exact) mass is 316 g/mol. The van der Waals surface area contributed by atoms with Crippen molar-refractivity contribution >= 4 is 11.7 Å². The zero-order chi connectivity index (χ0) is 16.2. The molecule has 2 aromatic rings. The van der Waals surface area contributed by atoms with E-state index in [0.717, 1.165) is 35.8 Å². The van der Waals surface area contributed by atoms with Crippen molar-refractivity contribution in [2.24, 2.45) is 5.73 Å². The maximum Gasteiger partial charge on any atom is 0.239 e. The number of rotatable bonds is 5. The number of hydrogen-bond donors (Lipinski definition) is 1. The van der Waals surface area contributed by atoms with Gasteiger partial charge in [0.2, 0.25) is 5.91 Å². The highest BCUT2D eigenvalue weighted by Gasteiger charge is 2.20. The molecule has 23 heavy (non-hydrogen) atoms. The Kier molecular flexibility index (Phi) is 4.47. The highest BCUT2D eigenvalue weighted by atomic mass is 16.5. The number of aromatic nitrogens is 2. The molecule has 0 spiro atoms. The number of morpholine rings is 1. The van der Waals surface area contributed by atoms with Crippen LogP contribution in [0.2, 0.25) is 0 Å². The van der Waals surface area contributed by atoms with E-state index in [1.807, 2.05) is 30.5 Å². The summed E-state index contributed by atoms with van der Waals surface area (Å²) in [6, 6.07) is 7.77. The molecule has 1 aromatic heterocycles. The van der Waals surface area contributed by atoms with Gasteiger partial charge >= 0.3 is 0 Å². The first kappa shape index (κ1) is 15.4. The second-order valence-corrected chi connectivity index (χ2v) is 5.36. The number of ether oxygens (including phenoxy) is 2. The van der Waals surface area contributed by atoms with E-state index in [1.54, 1.807) is 11.8 Å². The Bertz CT molecular complexity index is 675. The maximum absolute atomic E-state index is 11.2. The molecule has 7 heteroatoms. The van der Waals surface area contributed by atoms with E-state index in [2.05, 4.69) is 10.00 Å². The fourth-order valence-corrected chi connectivity index (χ4v) is 2.63. The lowest BCUT2D eigenvalue weighted by atomic mass is 10.1. The predicted molar refractivity (Wildman–Crippen MR) is 86.4 cm³/mol. The van der Waals surface area contributed by atoms with Gasteiger partial charge in [-0.15, -0.1) is 0 Å². The van der Waals surface area contributed by atoms with Crippen LogP contribution in [0.25, 0.3) is 11.1 Å². The molecule has 0 unspecified atom stereocenters. The summed E-state index contributed by atoms with van der Waals surface area (Å²) in [7, 11) is 1.64. The smallest absolute Gasteiger partial charge is 0.239 e. The minimum atomic E-state index is -0.415. The Morgan fingerprint density at radius 2 is 2.00 bits per heavy atom. The lowest BCUT2D eigenvalue weighted by molar-refractivity contribution is -0.118. The maximum atomic E-state index is 11.2. The molecule has 1 aliphatic heterocycles. The topological polar surface area (TPSA) is 82.6 Å². The van der Waals surface area contributed by atoms with Crippen molar-refractivity contribution in [1.29, 1.82) is 0 Å². The van der Waals surface area contributed by atoms with Crippen molar-refractivity contribution in [2.75, 3.05) is 38.3 Å². The third-order valence-corrected chi connectivity index (χ3v) is 3.77. The molecule has 1 aliphatic rings. The van der Waals surface area contributed by atoms with Crippen LogP contribution in [0.5, 0.6) is 5.75 Å². The summed E-state index contributed by atoms with van der Waals surface area (Å²) >= 11 is 0. The number of methoxy groups -OCH3 is 1. The van der Waals surface area contributed by atoms with Gasteiger partial charge in [-0.05, 0) is 17.7 Å². The van der Waals surface area contributed by atoms with Crippen LogP contribution in [-0.4, -0.2) is 49.1 Å². The molecule has 0 radical (unpaired) electrons. The number of carbonyl (C=O) groups excluding carboxylic acids is 1. The second kappa shape index (κ2) is 6.70. The minimum Gasteiger partial charge on any atom is -0.497 e. The van der Waals surface area contributed by atoms with Crippen molar-refractivity contribution in [2.45, 2.75) is 6.54 Å². The highest BCUT2D eigenvalue weighted by molar-refractivity contribution is 5.77. The first-order valence-corrected chi connectivity index (χ1v) is 7.50. The van der Waals surface area contributed by atoms with Crippen molar-refractivity contribution < 1.29 is 14.3 Å². The Balaban J connectivity index is 1.97. The average Bonchev–Trinajstić information content (AvgIpc) is 2.99. The van der Waals surface area contributed by atoms with E-state index in [1.165, 1.54) is 0 Å². The zero-order valence-corrected chi connectivity index (χ0v) is 13.1. The molecular weight excluding hydrogens is 296 g/mol. The number of nitrogens with zero attached hydrogens (tertiary/aromatic N) is 3. The molecule has 1 aromatic carbocycles. The molecule has 2 heterocycles. The Hall–Kier alpha value is -2.54. The Morgan fingerprint density at radius 3 is 2.61 bits per heavy atom. The van der Waals surface area contributed by atoms with Gasteiger partial charge in [0.25, 0.3) is 0 Å². The molecule has 1 fully saturated rings. The summed E-state index contributed by atoms with van der Waals surface area (Å²) in [4.78, 5) is 13.4. The van der Waals surface area contributed by atoms with Crippen molar-refractivity contribution in [3.8, 4) is 16.9 Å². The van der Waals surface area contributed by atoms with Gasteiger partial charge < -0.3 is 20.1 Å². The fraction of sp³-hybridized carbons (Fsp3) is 0.375. The molecule has 1 amide bonds. The van der Waals surface area contributed by atoms with Crippen LogP contribution in [-0.2, 0) is 16.1 Å². The van der Waals surface area contributed by atoms with Gasteiger partial charge in [-0.25, -0.2) is 0 Å². The number of hydrogen-bond acceptors (Lipinski definition) is 5. The Morgan fingerprint density at radius 1 is 1.30 bits per heavy atom. The van der Waals surface area contributed by atoms with Crippen LogP contribution in [0, 0.1) is 0 Å². The summed E-state index contributed by atoms with van der Waals surface area (Å²) in [6.07, 6.45) is 1.86. The molecule has 1 saturated heterocycles. The first-order valence-electron chi connectivity index (χ1n) is 7.50. The second-order valence-electron chi connectivity index (χ2n) is 5.36. The van der Waals surface area contributed by atoms with Gasteiger partial charge in [-0.2, -0.15) is 5.10 Å². The number of nitrogens with two attached hydrogens (primary N) is 1. The van der Waals surface area contributed by atoms with Crippen LogP contribution in [0.1, 0.15) is 0 Å². The predicted octanol–water partition coefficient (Wildman–Crippen LogP) is 0.881. The van der Waals surface area contributed by atoms with E-state index in [9.17, 15) is 4.79 Å². The van der Waals surface area contributed by atoms with Gasteiger partial charge in [0, 0.05) is 24.8 Å². The van der Waals surface area contributed by atoms with E-state index >= 15 is 0 Å². The molecule has 0 atom stereocenters. The van der Waals surface area contributed by atoms with Crippen molar-refractivity contribution in [1.82, 2.24) is 9.78 Å². The van der Waals surface area contributed by atoms with E-state index in [0.29, 0.717) is 13.2 Å². The normalized spacial score (nSPS) is 14.7. The lowest BCUT2D eigenvalue weighted by Gasteiger charge is -2.27. The summed E-state index contributed by atoms with van der Waals surface area (Å²) < 4.78 is 12.2. The Labute approximate surface area is 134 Å². The van der Waals surface area contributed by atoms with Crippen LogP contribution in [0.15, 0.2) is 30.5 Å². The summed E-state index contributed by atoms with van der Waals surface area (Å²) in [5.41, 5.74) is 7.27. The summed E-state index contributed by atoms with van der Waals surface area (Å²) in [5.74, 6) is 1.23. The van der Waals surface area contributed by atoms with Gasteiger partial charge in [-0.1, -0.05) is 12.1 Å². The largest absolute Gasteiger partial charge is 0.497 e. The lowest BCUT2D eigenvalue weighted by Crippen LogP contribution is -2.36. The quantitative estimate of drug-likeness (QED) is 0.885. The molecule has 7 nitrogen and oxygen atoms in total.